The van der Waals surface area contributed by atoms with Gasteiger partial charge in [-0.05, 0) is 18.1 Å². The van der Waals surface area contributed by atoms with E-state index in [0.717, 1.165) is 18.4 Å². The SMILES string of the molecule is CCCCCCOC(=O)c1ccccc1CS. The number of benzene rings is 1. The van der Waals surface area contributed by atoms with E-state index in [1.54, 1.807) is 6.07 Å². The molecule has 0 spiro atoms. The quantitative estimate of drug-likeness (QED) is 0.453. The number of hydrogen-bond acceptors (Lipinski definition) is 3. The highest BCUT2D eigenvalue weighted by Gasteiger charge is 2.10. The molecule has 0 radical (unpaired) electrons. The summed E-state index contributed by atoms with van der Waals surface area (Å²) in [5.74, 6) is 0.326. The van der Waals surface area contributed by atoms with Gasteiger partial charge in [0.1, 0.15) is 0 Å². The summed E-state index contributed by atoms with van der Waals surface area (Å²) >= 11 is 4.20. The minimum atomic E-state index is -0.230. The first-order chi connectivity index (χ1) is 8.29. The van der Waals surface area contributed by atoms with Crippen molar-refractivity contribution in [3.63, 3.8) is 0 Å². The van der Waals surface area contributed by atoms with Crippen molar-refractivity contribution in [1.82, 2.24) is 0 Å². The molecule has 1 aromatic carbocycles. The Kier molecular flexibility index (Phi) is 6.78. The maximum atomic E-state index is 11.8. The fourth-order valence-electron chi connectivity index (χ4n) is 1.63. The number of ether oxygens (including phenoxy) is 1. The molecule has 0 saturated carbocycles. The zero-order valence-electron chi connectivity index (χ0n) is 10.3. The molecule has 1 rings (SSSR count). The average molecular weight is 252 g/mol. The van der Waals surface area contributed by atoms with Gasteiger partial charge in [-0.15, -0.1) is 0 Å². The van der Waals surface area contributed by atoms with Crippen molar-refractivity contribution in [3.8, 4) is 0 Å². The third-order valence-electron chi connectivity index (χ3n) is 2.64. The molecular weight excluding hydrogens is 232 g/mol. The molecule has 0 fully saturated rings. The molecule has 0 N–H and O–H groups in total. The lowest BCUT2D eigenvalue weighted by molar-refractivity contribution is 0.0497. The molecule has 0 aliphatic rings. The molecule has 0 amide bonds. The van der Waals surface area contributed by atoms with Gasteiger partial charge in [0, 0.05) is 5.75 Å². The van der Waals surface area contributed by atoms with Crippen molar-refractivity contribution in [2.75, 3.05) is 6.61 Å². The Morgan fingerprint density at radius 3 is 2.71 bits per heavy atom. The predicted octanol–water partition coefficient (Wildman–Crippen LogP) is 3.85. The Hall–Kier alpha value is -0.960. The van der Waals surface area contributed by atoms with Crippen LogP contribution in [-0.2, 0) is 10.5 Å². The Balaban J connectivity index is 2.41. The van der Waals surface area contributed by atoms with Gasteiger partial charge in [0.2, 0.25) is 0 Å². The fraction of sp³-hybridized carbons (Fsp3) is 0.500. The van der Waals surface area contributed by atoms with Crippen molar-refractivity contribution in [2.45, 2.75) is 38.4 Å². The van der Waals surface area contributed by atoms with Gasteiger partial charge in [-0.3, -0.25) is 0 Å². The van der Waals surface area contributed by atoms with Crippen LogP contribution in [0.5, 0.6) is 0 Å². The van der Waals surface area contributed by atoms with Gasteiger partial charge in [-0.1, -0.05) is 44.4 Å². The molecule has 0 saturated heterocycles. The van der Waals surface area contributed by atoms with Gasteiger partial charge in [0.05, 0.1) is 12.2 Å². The van der Waals surface area contributed by atoms with E-state index >= 15 is 0 Å². The molecule has 0 aromatic heterocycles. The third kappa shape index (κ3) is 4.82. The summed E-state index contributed by atoms with van der Waals surface area (Å²) in [6.07, 6.45) is 4.46. The second-order valence-corrected chi connectivity index (χ2v) is 4.33. The summed E-state index contributed by atoms with van der Waals surface area (Å²) in [5, 5.41) is 0. The lowest BCUT2D eigenvalue weighted by Gasteiger charge is -2.07. The number of hydrogen-bond donors (Lipinski definition) is 1. The van der Waals surface area contributed by atoms with Crippen molar-refractivity contribution >= 4 is 18.6 Å². The van der Waals surface area contributed by atoms with Crippen LogP contribution in [0.15, 0.2) is 24.3 Å². The number of esters is 1. The Morgan fingerprint density at radius 2 is 2.00 bits per heavy atom. The third-order valence-corrected chi connectivity index (χ3v) is 2.98. The molecule has 0 atom stereocenters. The molecule has 0 aliphatic carbocycles. The summed E-state index contributed by atoms with van der Waals surface area (Å²) in [7, 11) is 0. The first-order valence-corrected chi connectivity index (χ1v) is 6.78. The molecule has 0 bridgehead atoms. The van der Waals surface area contributed by atoms with E-state index in [-0.39, 0.29) is 5.97 Å². The fourth-order valence-corrected chi connectivity index (χ4v) is 1.90. The summed E-state index contributed by atoms with van der Waals surface area (Å²) in [4.78, 5) is 11.8. The minimum absolute atomic E-state index is 0.230. The monoisotopic (exact) mass is 252 g/mol. The maximum Gasteiger partial charge on any atom is 0.338 e. The molecule has 94 valence electrons. The van der Waals surface area contributed by atoms with Crippen LogP contribution in [0, 0.1) is 0 Å². The van der Waals surface area contributed by atoms with Gasteiger partial charge in [-0.25, -0.2) is 4.79 Å². The van der Waals surface area contributed by atoms with Crippen molar-refractivity contribution in [1.29, 1.82) is 0 Å². The van der Waals surface area contributed by atoms with Crippen LogP contribution in [0.1, 0.15) is 48.5 Å². The second kappa shape index (κ2) is 8.18. The van der Waals surface area contributed by atoms with Crippen LogP contribution >= 0.6 is 12.6 Å². The zero-order chi connectivity index (χ0) is 12.5. The van der Waals surface area contributed by atoms with E-state index in [1.165, 1.54) is 12.8 Å². The first-order valence-electron chi connectivity index (χ1n) is 6.15. The maximum absolute atomic E-state index is 11.8. The van der Waals surface area contributed by atoms with E-state index in [1.807, 2.05) is 18.2 Å². The van der Waals surface area contributed by atoms with Gasteiger partial charge in [0.25, 0.3) is 0 Å². The normalized spacial score (nSPS) is 10.2. The van der Waals surface area contributed by atoms with Crippen LogP contribution in [0.25, 0.3) is 0 Å². The van der Waals surface area contributed by atoms with E-state index in [4.69, 9.17) is 4.74 Å². The van der Waals surface area contributed by atoms with E-state index in [0.29, 0.717) is 17.9 Å². The molecule has 0 unspecified atom stereocenters. The number of carbonyl (C=O) groups is 1. The van der Waals surface area contributed by atoms with Gasteiger partial charge in [0.15, 0.2) is 0 Å². The van der Waals surface area contributed by atoms with Crippen LogP contribution in [0.3, 0.4) is 0 Å². The number of carbonyl (C=O) groups excluding carboxylic acids is 1. The summed E-state index contributed by atoms with van der Waals surface area (Å²) in [6.45, 7) is 2.68. The minimum Gasteiger partial charge on any atom is -0.462 e. The van der Waals surface area contributed by atoms with Crippen LogP contribution < -0.4 is 0 Å². The summed E-state index contributed by atoms with van der Waals surface area (Å²) < 4.78 is 5.24. The molecule has 17 heavy (non-hydrogen) atoms. The van der Waals surface area contributed by atoms with Crippen molar-refractivity contribution in [3.05, 3.63) is 35.4 Å². The average Bonchev–Trinajstić information content (AvgIpc) is 2.38. The number of rotatable bonds is 7. The highest BCUT2D eigenvalue weighted by Crippen LogP contribution is 2.12. The lowest BCUT2D eigenvalue weighted by atomic mass is 10.1. The highest BCUT2D eigenvalue weighted by atomic mass is 32.1. The molecular formula is C14H20O2S. The van der Waals surface area contributed by atoms with Gasteiger partial charge < -0.3 is 4.74 Å². The topological polar surface area (TPSA) is 26.3 Å². The molecule has 1 aromatic rings. The number of unbranched alkanes of at least 4 members (excludes halogenated alkanes) is 3. The van der Waals surface area contributed by atoms with Crippen LogP contribution in [0.4, 0.5) is 0 Å². The Bertz CT molecular complexity index is 350. The largest absolute Gasteiger partial charge is 0.462 e. The van der Waals surface area contributed by atoms with Crippen molar-refractivity contribution < 1.29 is 9.53 Å². The van der Waals surface area contributed by atoms with E-state index in [2.05, 4.69) is 19.6 Å². The second-order valence-electron chi connectivity index (χ2n) is 4.01. The Morgan fingerprint density at radius 1 is 1.24 bits per heavy atom. The van der Waals surface area contributed by atoms with Crippen LogP contribution in [0.2, 0.25) is 0 Å². The van der Waals surface area contributed by atoms with E-state index in [9.17, 15) is 4.79 Å². The molecule has 0 heterocycles. The zero-order valence-corrected chi connectivity index (χ0v) is 11.2. The summed E-state index contributed by atoms with van der Waals surface area (Å²) in [6, 6.07) is 7.45. The van der Waals surface area contributed by atoms with Crippen molar-refractivity contribution in [2.24, 2.45) is 0 Å². The Labute approximate surface area is 109 Å². The standard InChI is InChI=1S/C14H20O2S/c1-2-3-4-7-10-16-14(15)13-9-6-5-8-12(13)11-17/h5-6,8-9,17H,2-4,7,10-11H2,1H3. The molecule has 2 nitrogen and oxygen atoms in total. The molecule has 0 aliphatic heterocycles. The van der Waals surface area contributed by atoms with Gasteiger partial charge in [-0.2, -0.15) is 12.6 Å². The highest BCUT2D eigenvalue weighted by molar-refractivity contribution is 7.79. The number of thiol groups is 1. The first kappa shape index (κ1) is 14.1. The predicted molar refractivity (Wildman–Crippen MR) is 73.6 cm³/mol. The van der Waals surface area contributed by atoms with E-state index < -0.39 is 0 Å². The molecule has 3 heteroatoms. The lowest BCUT2D eigenvalue weighted by Crippen LogP contribution is -2.08. The summed E-state index contributed by atoms with van der Waals surface area (Å²) in [5.41, 5.74) is 1.56. The van der Waals surface area contributed by atoms with Gasteiger partial charge >= 0.3 is 5.97 Å². The van der Waals surface area contributed by atoms with Crippen LogP contribution in [-0.4, -0.2) is 12.6 Å². The smallest absolute Gasteiger partial charge is 0.338 e.